The van der Waals surface area contributed by atoms with Gasteiger partial charge in [-0.2, -0.15) is 11.3 Å². The zero-order chi connectivity index (χ0) is 17.1. The largest absolute Gasteiger partial charge is 0.456 e. The summed E-state index contributed by atoms with van der Waals surface area (Å²) >= 11 is 7.14. The van der Waals surface area contributed by atoms with Gasteiger partial charge in [-0.1, -0.05) is 12.1 Å². The summed E-state index contributed by atoms with van der Waals surface area (Å²) < 4.78 is 5.90. The summed E-state index contributed by atoms with van der Waals surface area (Å²) in [5.41, 5.74) is 3.76. The number of nitrogens with zero attached hydrogens (tertiary/aromatic N) is 1. The minimum Gasteiger partial charge on any atom is -0.456 e. The maximum absolute atomic E-state index is 12.2. The molecule has 4 rings (SSSR count). The van der Waals surface area contributed by atoms with Crippen LogP contribution < -0.4 is 0 Å². The highest BCUT2D eigenvalue weighted by atomic mass is 32.2. The van der Waals surface area contributed by atoms with Crippen LogP contribution in [0, 0.1) is 0 Å². The summed E-state index contributed by atoms with van der Waals surface area (Å²) in [4.78, 5) is 16.8. The van der Waals surface area contributed by atoms with Crippen LogP contribution in [0.15, 0.2) is 46.5 Å². The molecular weight excluding hydrogens is 390 g/mol. The van der Waals surface area contributed by atoms with Crippen molar-refractivity contribution in [1.82, 2.24) is 4.98 Å². The summed E-state index contributed by atoms with van der Waals surface area (Å²) in [6.07, 6.45) is 0. The summed E-state index contributed by atoms with van der Waals surface area (Å²) in [5, 5.41) is 7.00. The molecule has 0 unspecified atom stereocenters. The highest BCUT2D eigenvalue weighted by Crippen LogP contribution is 2.45. The number of carbonyl (C=O) groups is 1. The van der Waals surface area contributed by atoms with Crippen LogP contribution in [0.4, 0.5) is 0 Å². The van der Waals surface area contributed by atoms with Crippen LogP contribution >= 0.6 is 46.2 Å². The molecule has 3 aromatic rings. The first-order valence-corrected chi connectivity index (χ1v) is 11.7. The van der Waals surface area contributed by atoms with Gasteiger partial charge >= 0.3 is 5.97 Å². The number of hydrogen-bond donors (Lipinski definition) is 0. The Bertz CT molecular complexity index is 836. The summed E-state index contributed by atoms with van der Waals surface area (Å²) in [7, 11) is 0. The molecule has 128 valence electrons. The van der Waals surface area contributed by atoms with Gasteiger partial charge in [0, 0.05) is 27.8 Å². The van der Waals surface area contributed by atoms with Gasteiger partial charge in [0.2, 0.25) is 0 Å². The number of aromatic nitrogens is 1. The number of thiophene rings is 1. The number of benzene rings is 1. The molecule has 3 nitrogen and oxygen atoms in total. The second kappa shape index (κ2) is 7.95. The molecule has 0 saturated carbocycles. The van der Waals surface area contributed by atoms with Gasteiger partial charge in [-0.3, -0.25) is 0 Å². The fourth-order valence-electron chi connectivity index (χ4n) is 2.44. The van der Waals surface area contributed by atoms with Crippen molar-refractivity contribution in [2.24, 2.45) is 0 Å². The molecule has 0 amide bonds. The number of thioether (sulfide) groups is 2. The number of thiazole rings is 1. The molecule has 0 atom stereocenters. The second-order valence-electron chi connectivity index (χ2n) is 5.43. The van der Waals surface area contributed by atoms with Crippen LogP contribution in [0.3, 0.4) is 0 Å². The van der Waals surface area contributed by atoms with Gasteiger partial charge in [0.1, 0.15) is 11.6 Å². The molecule has 1 aromatic carbocycles. The third-order valence-corrected chi connectivity index (χ3v) is 8.44. The maximum Gasteiger partial charge on any atom is 0.338 e. The molecule has 25 heavy (non-hydrogen) atoms. The molecule has 0 spiro atoms. The first kappa shape index (κ1) is 17.1. The molecule has 0 radical (unpaired) electrons. The molecule has 7 heteroatoms. The van der Waals surface area contributed by atoms with Crippen LogP contribution in [0.1, 0.15) is 26.2 Å². The van der Waals surface area contributed by atoms with E-state index in [1.54, 1.807) is 22.7 Å². The standard InChI is InChI=1S/C18H15NO2S4/c20-17(12-1-3-13(4-2-12)18-23-7-8-24-18)21-9-15-11-25-16(19-15)14-5-6-22-10-14/h1-6,10-11,18H,7-9H2. The lowest BCUT2D eigenvalue weighted by atomic mass is 10.1. The minimum atomic E-state index is -0.302. The highest BCUT2D eigenvalue weighted by molar-refractivity contribution is 8.19. The lowest BCUT2D eigenvalue weighted by Crippen LogP contribution is -2.05. The Morgan fingerprint density at radius 1 is 1.12 bits per heavy atom. The van der Waals surface area contributed by atoms with Gasteiger partial charge in [-0.15, -0.1) is 34.9 Å². The fourth-order valence-corrected chi connectivity index (χ4v) is 6.82. The number of carbonyl (C=O) groups excluding carboxylic acids is 1. The van der Waals surface area contributed by atoms with E-state index in [1.807, 2.05) is 64.6 Å². The Kier molecular flexibility index (Phi) is 5.45. The SMILES string of the molecule is O=C(OCc1csc(-c2ccsc2)n1)c1ccc(C2SCCS2)cc1. The highest BCUT2D eigenvalue weighted by Gasteiger charge is 2.18. The molecule has 0 bridgehead atoms. The molecule has 1 aliphatic rings. The predicted molar refractivity (Wildman–Crippen MR) is 109 cm³/mol. The van der Waals surface area contributed by atoms with E-state index in [0.29, 0.717) is 10.1 Å². The average Bonchev–Trinajstić information content (AvgIpc) is 3.42. The molecule has 2 aromatic heterocycles. The number of esters is 1. The van der Waals surface area contributed by atoms with E-state index < -0.39 is 0 Å². The monoisotopic (exact) mass is 405 g/mol. The van der Waals surface area contributed by atoms with E-state index in [9.17, 15) is 4.79 Å². The zero-order valence-electron chi connectivity index (χ0n) is 13.2. The Hall–Kier alpha value is -1.28. The number of ether oxygens (including phenoxy) is 1. The molecule has 3 heterocycles. The molecule has 0 aliphatic carbocycles. The summed E-state index contributed by atoms with van der Waals surface area (Å²) in [6, 6.07) is 9.82. The summed E-state index contributed by atoms with van der Waals surface area (Å²) in [5.74, 6) is 2.09. The van der Waals surface area contributed by atoms with Crippen molar-refractivity contribution >= 4 is 52.2 Å². The third-order valence-electron chi connectivity index (χ3n) is 3.71. The van der Waals surface area contributed by atoms with Crippen LogP contribution in [-0.2, 0) is 11.3 Å². The van der Waals surface area contributed by atoms with E-state index in [-0.39, 0.29) is 12.6 Å². The molecule has 1 aliphatic heterocycles. The first-order valence-electron chi connectivity index (χ1n) is 7.77. The number of hydrogen-bond acceptors (Lipinski definition) is 7. The summed E-state index contributed by atoms with van der Waals surface area (Å²) in [6.45, 7) is 0.204. The first-order chi connectivity index (χ1) is 12.3. The lowest BCUT2D eigenvalue weighted by Gasteiger charge is -2.09. The third kappa shape index (κ3) is 4.11. The van der Waals surface area contributed by atoms with E-state index in [1.165, 1.54) is 17.1 Å². The van der Waals surface area contributed by atoms with Crippen molar-refractivity contribution in [3.8, 4) is 10.6 Å². The predicted octanol–water partition coefficient (Wildman–Crippen LogP) is 5.71. The van der Waals surface area contributed by atoms with Gasteiger partial charge in [-0.05, 0) is 29.1 Å². The quantitative estimate of drug-likeness (QED) is 0.509. The van der Waals surface area contributed by atoms with Gasteiger partial charge in [0.15, 0.2) is 0 Å². The molecule has 0 N–H and O–H groups in total. The van der Waals surface area contributed by atoms with Crippen LogP contribution in [0.25, 0.3) is 10.6 Å². The van der Waals surface area contributed by atoms with E-state index >= 15 is 0 Å². The van der Waals surface area contributed by atoms with E-state index in [4.69, 9.17) is 4.74 Å². The van der Waals surface area contributed by atoms with Crippen molar-refractivity contribution in [3.63, 3.8) is 0 Å². The van der Waals surface area contributed by atoms with Crippen molar-refractivity contribution in [2.75, 3.05) is 11.5 Å². The molecule has 1 saturated heterocycles. The Morgan fingerprint density at radius 3 is 2.64 bits per heavy atom. The maximum atomic E-state index is 12.2. The van der Waals surface area contributed by atoms with Crippen LogP contribution in [-0.4, -0.2) is 22.5 Å². The smallest absolute Gasteiger partial charge is 0.338 e. The fraction of sp³-hybridized carbons (Fsp3) is 0.222. The van der Waals surface area contributed by atoms with Crippen LogP contribution in [0.2, 0.25) is 0 Å². The zero-order valence-corrected chi connectivity index (χ0v) is 16.5. The van der Waals surface area contributed by atoms with Gasteiger partial charge in [0.25, 0.3) is 0 Å². The van der Waals surface area contributed by atoms with Gasteiger partial charge < -0.3 is 4.74 Å². The minimum absolute atomic E-state index is 0.204. The molecule has 1 fully saturated rings. The Balaban J connectivity index is 1.35. The van der Waals surface area contributed by atoms with E-state index in [0.717, 1.165) is 16.3 Å². The topological polar surface area (TPSA) is 39.2 Å². The average molecular weight is 406 g/mol. The van der Waals surface area contributed by atoms with Gasteiger partial charge in [-0.25, -0.2) is 9.78 Å². The lowest BCUT2D eigenvalue weighted by molar-refractivity contribution is 0.0468. The van der Waals surface area contributed by atoms with Crippen LogP contribution in [0.5, 0.6) is 0 Å². The Labute approximate surface area is 162 Å². The number of rotatable bonds is 5. The molecular formula is C18H15NO2S4. The Morgan fingerprint density at radius 2 is 1.92 bits per heavy atom. The van der Waals surface area contributed by atoms with Crippen molar-refractivity contribution in [3.05, 3.63) is 63.3 Å². The van der Waals surface area contributed by atoms with Crippen molar-refractivity contribution in [2.45, 2.75) is 11.2 Å². The van der Waals surface area contributed by atoms with Crippen molar-refractivity contribution in [1.29, 1.82) is 0 Å². The second-order valence-corrected chi connectivity index (χ2v) is 9.79. The van der Waals surface area contributed by atoms with E-state index in [2.05, 4.69) is 10.4 Å². The normalized spacial score (nSPS) is 14.7. The van der Waals surface area contributed by atoms with Gasteiger partial charge in [0.05, 0.1) is 15.8 Å². The van der Waals surface area contributed by atoms with Crippen molar-refractivity contribution < 1.29 is 9.53 Å².